The largest absolute Gasteiger partial charge is 0.313 e. The van der Waals surface area contributed by atoms with Gasteiger partial charge in [-0.2, -0.15) is 0 Å². The predicted octanol–water partition coefficient (Wildman–Crippen LogP) is 3.66. The average molecular weight is 294 g/mol. The van der Waals surface area contributed by atoms with E-state index in [1.54, 1.807) is 6.20 Å². The van der Waals surface area contributed by atoms with Crippen LogP contribution in [-0.2, 0) is 0 Å². The van der Waals surface area contributed by atoms with Crippen LogP contribution in [0.3, 0.4) is 0 Å². The summed E-state index contributed by atoms with van der Waals surface area (Å²) in [5, 5.41) is 0.597. The van der Waals surface area contributed by atoms with Gasteiger partial charge in [0, 0.05) is 23.0 Å². The lowest BCUT2D eigenvalue weighted by molar-refractivity contribution is 0.980. The highest BCUT2D eigenvalue weighted by Gasteiger charge is 2.20. The maximum absolute atomic E-state index is 6.09. The van der Waals surface area contributed by atoms with Gasteiger partial charge in [0.25, 0.3) is 0 Å². The van der Waals surface area contributed by atoms with Crippen LogP contribution in [0, 0.1) is 6.92 Å². The highest BCUT2D eigenvalue weighted by atomic mass is 79.9. The summed E-state index contributed by atoms with van der Waals surface area (Å²) in [6.07, 6.45) is 2.97. The lowest BCUT2D eigenvalue weighted by atomic mass is 10.2. The van der Waals surface area contributed by atoms with Gasteiger partial charge >= 0.3 is 0 Å². The van der Waals surface area contributed by atoms with Crippen molar-refractivity contribution in [3.05, 3.63) is 21.4 Å². The fraction of sp³-hybridized carbons (Fsp3) is 0.444. The summed E-state index contributed by atoms with van der Waals surface area (Å²) < 4.78 is 3.25. The third kappa shape index (κ3) is 1.88. The fourth-order valence-electron chi connectivity index (χ4n) is 1.45. The number of aromatic nitrogens is 1. The van der Waals surface area contributed by atoms with Crippen LogP contribution in [0.2, 0.25) is 5.15 Å². The summed E-state index contributed by atoms with van der Waals surface area (Å²) in [6, 6.07) is 0. The van der Waals surface area contributed by atoms with E-state index in [0.29, 0.717) is 5.15 Å². The molecule has 0 aromatic carbocycles. The van der Waals surface area contributed by atoms with Crippen LogP contribution in [0.1, 0.15) is 12.0 Å². The molecule has 0 bridgehead atoms. The number of nitrogens with zero attached hydrogens (tertiary/aromatic N) is 2. The molecule has 2 nitrogen and oxygen atoms in total. The summed E-state index contributed by atoms with van der Waals surface area (Å²) in [7, 11) is 0. The van der Waals surface area contributed by atoms with Gasteiger partial charge in [-0.3, -0.25) is 0 Å². The molecule has 1 aliphatic heterocycles. The Morgan fingerprint density at radius 3 is 3.07 bits per heavy atom. The van der Waals surface area contributed by atoms with Crippen molar-refractivity contribution in [1.29, 1.82) is 0 Å². The molecule has 0 unspecified atom stereocenters. The number of hydrogen-bond acceptors (Lipinski definition) is 3. The molecule has 76 valence electrons. The second-order valence-corrected chi connectivity index (χ2v) is 5.48. The van der Waals surface area contributed by atoms with Crippen LogP contribution >= 0.6 is 39.5 Å². The van der Waals surface area contributed by atoms with E-state index < -0.39 is 0 Å². The third-order valence-electron chi connectivity index (χ3n) is 2.20. The number of hydrogen-bond donors (Lipinski definition) is 0. The second kappa shape index (κ2) is 4.29. The molecule has 2 rings (SSSR count). The van der Waals surface area contributed by atoms with Gasteiger partial charge in [0.2, 0.25) is 0 Å². The van der Waals surface area contributed by atoms with Gasteiger partial charge in [0.1, 0.15) is 0 Å². The molecule has 0 aliphatic carbocycles. The number of halogens is 2. The highest BCUT2D eigenvalue weighted by Crippen LogP contribution is 2.38. The lowest BCUT2D eigenvalue weighted by Crippen LogP contribution is -2.11. The SMILES string of the molecule is Cc1c(Br)cnc(Cl)c1N1CCCS1. The summed E-state index contributed by atoms with van der Waals surface area (Å²) in [6.45, 7) is 3.12. The summed E-state index contributed by atoms with van der Waals surface area (Å²) in [5.74, 6) is 1.17. The Morgan fingerprint density at radius 2 is 2.43 bits per heavy atom. The normalized spacial score (nSPS) is 16.4. The molecule has 14 heavy (non-hydrogen) atoms. The first-order chi connectivity index (χ1) is 6.70. The first kappa shape index (κ1) is 10.6. The fourth-order valence-corrected chi connectivity index (χ4v) is 3.18. The van der Waals surface area contributed by atoms with E-state index in [1.165, 1.54) is 17.7 Å². The van der Waals surface area contributed by atoms with E-state index in [4.69, 9.17) is 11.6 Å². The molecule has 0 radical (unpaired) electrons. The standard InChI is InChI=1S/C9H10BrClN2S/c1-6-7(10)5-12-9(11)8(6)13-3-2-4-14-13/h5H,2-4H2,1H3. The van der Waals surface area contributed by atoms with Crippen molar-refractivity contribution in [3.8, 4) is 0 Å². The number of rotatable bonds is 1. The van der Waals surface area contributed by atoms with Gasteiger partial charge in [-0.1, -0.05) is 11.6 Å². The Labute approximate surface area is 101 Å². The second-order valence-electron chi connectivity index (χ2n) is 3.16. The van der Waals surface area contributed by atoms with Crippen LogP contribution in [0.4, 0.5) is 5.69 Å². The zero-order chi connectivity index (χ0) is 10.1. The minimum absolute atomic E-state index is 0.597. The van der Waals surface area contributed by atoms with Gasteiger partial charge in [-0.15, -0.1) is 0 Å². The maximum Gasteiger partial charge on any atom is 0.153 e. The Bertz CT molecular complexity index is 353. The summed E-state index contributed by atoms with van der Waals surface area (Å²) in [4.78, 5) is 4.15. The van der Waals surface area contributed by atoms with E-state index >= 15 is 0 Å². The quantitative estimate of drug-likeness (QED) is 0.580. The molecular weight excluding hydrogens is 284 g/mol. The van der Waals surface area contributed by atoms with Crippen molar-refractivity contribution < 1.29 is 0 Å². The van der Waals surface area contributed by atoms with Gasteiger partial charge in [-0.25, -0.2) is 4.98 Å². The molecule has 0 amide bonds. The van der Waals surface area contributed by atoms with E-state index in [0.717, 1.165) is 16.7 Å². The van der Waals surface area contributed by atoms with Crippen molar-refractivity contribution in [2.75, 3.05) is 16.6 Å². The molecule has 0 N–H and O–H groups in total. The Balaban J connectivity index is 2.44. The van der Waals surface area contributed by atoms with Crippen molar-refractivity contribution >= 4 is 45.2 Å². The van der Waals surface area contributed by atoms with E-state index in [9.17, 15) is 0 Å². The average Bonchev–Trinajstić information content (AvgIpc) is 2.65. The Kier molecular flexibility index (Phi) is 3.24. The van der Waals surface area contributed by atoms with Crippen molar-refractivity contribution in [2.24, 2.45) is 0 Å². The van der Waals surface area contributed by atoms with Gasteiger partial charge in [0.05, 0.1) is 5.69 Å². The van der Waals surface area contributed by atoms with Gasteiger partial charge < -0.3 is 4.31 Å². The molecule has 0 spiro atoms. The van der Waals surface area contributed by atoms with Crippen LogP contribution in [0.25, 0.3) is 0 Å². The molecule has 1 saturated heterocycles. The monoisotopic (exact) mass is 292 g/mol. The van der Waals surface area contributed by atoms with E-state index in [1.807, 2.05) is 11.9 Å². The Hall–Kier alpha value is 0.0700. The van der Waals surface area contributed by atoms with Crippen LogP contribution in [0.5, 0.6) is 0 Å². The number of pyridine rings is 1. The first-order valence-electron chi connectivity index (χ1n) is 4.41. The molecule has 0 atom stereocenters. The minimum atomic E-state index is 0.597. The predicted molar refractivity (Wildman–Crippen MR) is 66.1 cm³/mol. The van der Waals surface area contributed by atoms with E-state index in [2.05, 4.69) is 32.1 Å². The zero-order valence-corrected chi connectivity index (χ0v) is 10.9. The van der Waals surface area contributed by atoms with Crippen LogP contribution < -0.4 is 4.31 Å². The highest BCUT2D eigenvalue weighted by molar-refractivity contribution is 9.10. The van der Waals surface area contributed by atoms with E-state index in [-0.39, 0.29) is 0 Å². The van der Waals surface area contributed by atoms with Gasteiger partial charge in [0.15, 0.2) is 5.15 Å². The maximum atomic E-state index is 6.09. The molecule has 2 heterocycles. The summed E-state index contributed by atoms with van der Waals surface area (Å²) >= 11 is 11.4. The zero-order valence-electron chi connectivity index (χ0n) is 7.76. The minimum Gasteiger partial charge on any atom is -0.313 e. The van der Waals surface area contributed by atoms with Crippen molar-refractivity contribution in [1.82, 2.24) is 4.98 Å². The molecule has 1 aromatic heterocycles. The summed E-state index contributed by atoms with van der Waals surface area (Å²) in [5.41, 5.74) is 2.22. The van der Waals surface area contributed by atoms with Gasteiger partial charge in [-0.05, 0) is 46.8 Å². The van der Waals surface area contributed by atoms with Crippen LogP contribution in [-0.4, -0.2) is 17.3 Å². The molecular formula is C9H10BrClN2S. The number of anilines is 1. The lowest BCUT2D eigenvalue weighted by Gasteiger charge is -2.19. The third-order valence-corrected chi connectivity index (χ3v) is 4.43. The Morgan fingerprint density at radius 1 is 1.64 bits per heavy atom. The molecule has 1 aliphatic rings. The van der Waals surface area contributed by atoms with Crippen molar-refractivity contribution in [3.63, 3.8) is 0 Å². The topological polar surface area (TPSA) is 16.1 Å². The molecule has 1 aromatic rings. The smallest absolute Gasteiger partial charge is 0.153 e. The molecule has 1 fully saturated rings. The molecule has 0 saturated carbocycles. The molecule has 5 heteroatoms. The van der Waals surface area contributed by atoms with Crippen molar-refractivity contribution in [2.45, 2.75) is 13.3 Å². The van der Waals surface area contributed by atoms with Crippen LogP contribution in [0.15, 0.2) is 10.7 Å². The first-order valence-corrected chi connectivity index (χ1v) is 6.52.